The molecule has 1 aliphatic heterocycles. The van der Waals surface area contributed by atoms with Gasteiger partial charge in [0.25, 0.3) is 0 Å². The van der Waals surface area contributed by atoms with Gasteiger partial charge in [-0.3, -0.25) is 0 Å². The third-order valence-corrected chi connectivity index (χ3v) is 1.84. The lowest BCUT2D eigenvalue weighted by atomic mass is 10.2. The Balaban J connectivity index is 2.22. The highest BCUT2D eigenvalue weighted by molar-refractivity contribution is 6.18. The first-order chi connectivity index (χ1) is 3.83. The zero-order valence-corrected chi connectivity index (χ0v) is 5.82. The first kappa shape index (κ1) is 6.37. The second kappa shape index (κ2) is 2.70. The van der Waals surface area contributed by atoms with Gasteiger partial charge >= 0.3 is 0 Å². The van der Waals surface area contributed by atoms with Gasteiger partial charge in [-0.15, -0.1) is 11.6 Å². The van der Waals surface area contributed by atoms with Gasteiger partial charge in [0.2, 0.25) is 0 Å². The quantitative estimate of drug-likeness (QED) is 0.497. The van der Waals surface area contributed by atoms with Crippen LogP contribution in [0.5, 0.6) is 0 Å². The van der Waals surface area contributed by atoms with Gasteiger partial charge in [0, 0.05) is 5.88 Å². The summed E-state index contributed by atoms with van der Waals surface area (Å²) in [5, 5.41) is 0. The summed E-state index contributed by atoms with van der Waals surface area (Å²) in [6.07, 6.45) is 3.10. The van der Waals surface area contributed by atoms with E-state index in [1.165, 1.54) is 6.42 Å². The molecule has 0 spiro atoms. The fourth-order valence-electron chi connectivity index (χ4n) is 0.999. The molecule has 0 radical (unpaired) electrons. The Hall–Kier alpha value is 0.250. The Morgan fingerprint density at radius 2 is 2.38 bits per heavy atom. The lowest BCUT2D eigenvalue weighted by molar-refractivity contribution is 0.0692. The third kappa shape index (κ3) is 1.36. The normalized spacial score (nSPS) is 38.2. The number of hydrogen-bond acceptors (Lipinski definition) is 1. The molecule has 0 amide bonds. The van der Waals surface area contributed by atoms with Gasteiger partial charge in [-0.1, -0.05) is 0 Å². The molecule has 1 fully saturated rings. The van der Waals surface area contributed by atoms with Crippen LogP contribution in [0, 0.1) is 0 Å². The molecule has 0 aromatic heterocycles. The first-order valence-electron chi connectivity index (χ1n) is 3.04. The minimum Gasteiger partial charge on any atom is -0.374 e. The average Bonchev–Trinajstić information content (AvgIpc) is 2.14. The lowest BCUT2D eigenvalue weighted by Gasteiger charge is -2.04. The highest BCUT2D eigenvalue weighted by Gasteiger charge is 2.19. The molecule has 1 unspecified atom stereocenters. The standard InChI is InChI=1S/C6H11ClO/c1-5-2-3-6(4-7)8-5/h5-6H,2-4H2,1H3/t5-,6?/m0/s1. The summed E-state index contributed by atoms with van der Waals surface area (Å²) in [7, 11) is 0. The van der Waals surface area contributed by atoms with Crippen molar-refractivity contribution in [2.45, 2.75) is 32.0 Å². The highest BCUT2D eigenvalue weighted by atomic mass is 35.5. The Labute approximate surface area is 55.0 Å². The Kier molecular flexibility index (Phi) is 2.15. The number of halogens is 1. The van der Waals surface area contributed by atoms with Crippen LogP contribution in [0.1, 0.15) is 19.8 Å². The predicted molar refractivity (Wildman–Crippen MR) is 34.3 cm³/mol. The molecular weight excluding hydrogens is 124 g/mol. The fourth-order valence-corrected chi connectivity index (χ4v) is 1.23. The van der Waals surface area contributed by atoms with E-state index in [0.29, 0.717) is 18.1 Å². The number of alkyl halides is 1. The second-order valence-electron chi connectivity index (χ2n) is 2.30. The van der Waals surface area contributed by atoms with Crippen LogP contribution >= 0.6 is 11.6 Å². The SMILES string of the molecule is C[C@H]1CCC(CCl)O1. The van der Waals surface area contributed by atoms with Gasteiger partial charge in [0.1, 0.15) is 0 Å². The first-order valence-corrected chi connectivity index (χ1v) is 3.58. The van der Waals surface area contributed by atoms with Crippen LogP contribution in [-0.4, -0.2) is 18.1 Å². The molecule has 0 aromatic carbocycles. The molecule has 1 saturated heterocycles. The summed E-state index contributed by atoms with van der Waals surface area (Å²) in [4.78, 5) is 0. The molecule has 1 rings (SSSR count). The monoisotopic (exact) mass is 134 g/mol. The number of hydrogen-bond donors (Lipinski definition) is 0. The molecule has 2 atom stereocenters. The molecule has 2 heteroatoms. The van der Waals surface area contributed by atoms with E-state index in [-0.39, 0.29) is 0 Å². The third-order valence-electron chi connectivity index (χ3n) is 1.49. The summed E-state index contributed by atoms with van der Waals surface area (Å²) >= 11 is 5.55. The van der Waals surface area contributed by atoms with Gasteiger partial charge in [-0.25, -0.2) is 0 Å². The fraction of sp³-hybridized carbons (Fsp3) is 1.00. The van der Waals surface area contributed by atoms with E-state index >= 15 is 0 Å². The van der Waals surface area contributed by atoms with Crippen LogP contribution in [0.2, 0.25) is 0 Å². The molecule has 0 N–H and O–H groups in total. The smallest absolute Gasteiger partial charge is 0.0714 e. The van der Waals surface area contributed by atoms with Crippen molar-refractivity contribution in [2.24, 2.45) is 0 Å². The second-order valence-corrected chi connectivity index (χ2v) is 2.61. The lowest BCUT2D eigenvalue weighted by Crippen LogP contribution is -2.08. The predicted octanol–water partition coefficient (Wildman–Crippen LogP) is 1.79. The molecule has 0 bridgehead atoms. The van der Waals surface area contributed by atoms with Crippen molar-refractivity contribution >= 4 is 11.6 Å². The van der Waals surface area contributed by atoms with Crippen molar-refractivity contribution in [2.75, 3.05) is 5.88 Å². The molecule has 0 aliphatic carbocycles. The summed E-state index contributed by atoms with van der Waals surface area (Å²) in [5.74, 6) is 0.657. The van der Waals surface area contributed by atoms with Crippen molar-refractivity contribution in [1.29, 1.82) is 0 Å². The topological polar surface area (TPSA) is 9.23 Å². The molecule has 1 heterocycles. The highest BCUT2D eigenvalue weighted by Crippen LogP contribution is 2.19. The van der Waals surface area contributed by atoms with E-state index in [4.69, 9.17) is 16.3 Å². The van der Waals surface area contributed by atoms with Crippen LogP contribution in [0.25, 0.3) is 0 Å². The largest absolute Gasteiger partial charge is 0.374 e. The van der Waals surface area contributed by atoms with Gasteiger partial charge in [-0.05, 0) is 19.8 Å². The van der Waals surface area contributed by atoms with Crippen molar-refractivity contribution in [3.63, 3.8) is 0 Å². The maximum absolute atomic E-state index is 5.55. The summed E-state index contributed by atoms with van der Waals surface area (Å²) in [6.45, 7) is 2.09. The maximum Gasteiger partial charge on any atom is 0.0714 e. The van der Waals surface area contributed by atoms with E-state index < -0.39 is 0 Å². The molecule has 48 valence electrons. The molecular formula is C6H11ClO. The zero-order chi connectivity index (χ0) is 5.98. The minimum atomic E-state index is 0.340. The van der Waals surface area contributed by atoms with E-state index in [0.717, 1.165) is 6.42 Å². The van der Waals surface area contributed by atoms with E-state index in [1.54, 1.807) is 0 Å². The van der Waals surface area contributed by atoms with Gasteiger partial charge in [0.15, 0.2) is 0 Å². The van der Waals surface area contributed by atoms with Crippen molar-refractivity contribution in [3.8, 4) is 0 Å². The van der Waals surface area contributed by atoms with Gasteiger partial charge in [-0.2, -0.15) is 0 Å². The maximum atomic E-state index is 5.55. The van der Waals surface area contributed by atoms with Gasteiger partial charge in [0.05, 0.1) is 12.2 Å². The van der Waals surface area contributed by atoms with Crippen LogP contribution in [0.4, 0.5) is 0 Å². The van der Waals surface area contributed by atoms with E-state index in [1.807, 2.05) is 0 Å². The van der Waals surface area contributed by atoms with Crippen molar-refractivity contribution in [3.05, 3.63) is 0 Å². The summed E-state index contributed by atoms with van der Waals surface area (Å²) < 4.78 is 5.38. The number of ether oxygens (including phenoxy) is 1. The van der Waals surface area contributed by atoms with Crippen molar-refractivity contribution in [1.82, 2.24) is 0 Å². The van der Waals surface area contributed by atoms with Crippen LogP contribution in [0.15, 0.2) is 0 Å². The van der Waals surface area contributed by atoms with Crippen LogP contribution in [-0.2, 0) is 4.74 Å². The Morgan fingerprint density at radius 3 is 2.62 bits per heavy atom. The summed E-state index contributed by atoms with van der Waals surface area (Å²) in [6, 6.07) is 0. The average molecular weight is 135 g/mol. The van der Waals surface area contributed by atoms with Crippen molar-refractivity contribution < 1.29 is 4.74 Å². The Bertz CT molecular complexity index is 74.9. The zero-order valence-electron chi connectivity index (χ0n) is 5.06. The molecule has 0 saturated carbocycles. The molecule has 1 aliphatic rings. The van der Waals surface area contributed by atoms with Gasteiger partial charge < -0.3 is 4.74 Å². The molecule has 0 aromatic rings. The van der Waals surface area contributed by atoms with Crippen LogP contribution in [0.3, 0.4) is 0 Å². The van der Waals surface area contributed by atoms with E-state index in [2.05, 4.69) is 6.92 Å². The number of rotatable bonds is 1. The minimum absolute atomic E-state index is 0.340. The molecule has 1 nitrogen and oxygen atoms in total. The Morgan fingerprint density at radius 1 is 1.62 bits per heavy atom. The van der Waals surface area contributed by atoms with E-state index in [9.17, 15) is 0 Å². The molecule has 8 heavy (non-hydrogen) atoms. The van der Waals surface area contributed by atoms with Crippen LogP contribution < -0.4 is 0 Å². The summed E-state index contributed by atoms with van der Waals surface area (Å²) in [5.41, 5.74) is 0.